The van der Waals surface area contributed by atoms with Crippen molar-refractivity contribution in [3.63, 3.8) is 0 Å². The summed E-state index contributed by atoms with van der Waals surface area (Å²) >= 11 is 0. The highest BCUT2D eigenvalue weighted by Crippen LogP contribution is 2.24. The maximum absolute atomic E-state index is 12.2. The van der Waals surface area contributed by atoms with Crippen molar-refractivity contribution >= 4 is 11.9 Å². The van der Waals surface area contributed by atoms with E-state index in [0.717, 1.165) is 6.92 Å². The Balaban J connectivity index is 4.17. The molecule has 0 aromatic carbocycles. The first kappa shape index (κ1) is 20.7. The van der Waals surface area contributed by atoms with E-state index in [-0.39, 0.29) is 24.7 Å². The Bertz CT molecular complexity index is 377. The first-order valence-corrected chi connectivity index (χ1v) is 7.38. The van der Waals surface area contributed by atoms with Crippen molar-refractivity contribution in [1.82, 2.24) is 0 Å². The summed E-state index contributed by atoms with van der Waals surface area (Å²) in [7, 11) is 0. The summed E-state index contributed by atoms with van der Waals surface area (Å²) in [5.74, 6) is -1.44. The average molecular weight is 326 g/mol. The van der Waals surface area contributed by atoms with E-state index in [1.54, 1.807) is 20.8 Å². The number of carbonyl (C=O) groups is 2. The summed E-state index contributed by atoms with van der Waals surface area (Å²) in [6.07, 6.45) is -5.51. The predicted molar refractivity (Wildman–Crippen MR) is 75.1 cm³/mol. The van der Waals surface area contributed by atoms with Crippen LogP contribution in [0.15, 0.2) is 0 Å². The van der Waals surface area contributed by atoms with Gasteiger partial charge in [0.1, 0.15) is 5.60 Å². The van der Waals surface area contributed by atoms with Crippen molar-refractivity contribution in [2.45, 2.75) is 78.2 Å². The molecule has 0 amide bonds. The molecule has 22 heavy (non-hydrogen) atoms. The van der Waals surface area contributed by atoms with Crippen LogP contribution in [0.4, 0.5) is 13.2 Å². The van der Waals surface area contributed by atoms with Gasteiger partial charge in [-0.15, -0.1) is 0 Å². The van der Waals surface area contributed by atoms with Crippen LogP contribution in [0.2, 0.25) is 0 Å². The molecule has 4 nitrogen and oxygen atoms in total. The first-order chi connectivity index (χ1) is 9.89. The van der Waals surface area contributed by atoms with Crippen LogP contribution >= 0.6 is 0 Å². The predicted octanol–water partition coefficient (Wildman–Crippen LogP) is 4.02. The third-order valence-electron chi connectivity index (χ3n) is 3.32. The highest BCUT2D eigenvalue weighted by molar-refractivity contribution is 5.72. The quantitative estimate of drug-likeness (QED) is 0.632. The summed E-state index contributed by atoms with van der Waals surface area (Å²) in [6.45, 7) is 7.83. The van der Waals surface area contributed by atoms with Gasteiger partial charge in [-0.05, 0) is 40.0 Å². The molecular weight excluding hydrogens is 301 g/mol. The van der Waals surface area contributed by atoms with Gasteiger partial charge in [0.05, 0.1) is 5.92 Å². The number of esters is 2. The molecule has 130 valence electrons. The Kier molecular flexibility index (Phi) is 7.90. The number of hydrogen-bond acceptors (Lipinski definition) is 4. The van der Waals surface area contributed by atoms with Gasteiger partial charge < -0.3 is 9.47 Å². The van der Waals surface area contributed by atoms with Crippen LogP contribution in [0.1, 0.15) is 60.3 Å². The zero-order valence-corrected chi connectivity index (χ0v) is 13.8. The van der Waals surface area contributed by atoms with Crippen molar-refractivity contribution < 1.29 is 32.2 Å². The van der Waals surface area contributed by atoms with Crippen LogP contribution in [0.25, 0.3) is 0 Å². The van der Waals surface area contributed by atoms with Crippen molar-refractivity contribution in [1.29, 1.82) is 0 Å². The monoisotopic (exact) mass is 326 g/mol. The molecule has 0 radical (unpaired) electrons. The molecule has 0 saturated heterocycles. The Labute approximate surface area is 129 Å². The first-order valence-electron chi connectivity index (χ1n) is 7.38. The van der Waals surface area contributed by atoms with Crippen molar-refractivity contribution in [3.8, 4) is 0 Å². The summed E-state index contributed by atoms with van der Waals surface area (Å²) in [6, 6.07) is 0. The SMILES string of the molecule is CCC(C)C(=O)OC(C)(C)CCCC(=O)OC(C)C(F)(F)F. The van der Waals surface area contributed by atoms with E-state index >= 15 is 0 Å². The second-order valence-electron chi connectivity index (χ2n) is 6.02. The van der Waals surface area contributed by atoms with Crippen LogP contribution in [-0.4, -0.2) is 29.8 Å². The number of ether oxygens (including phenoxy) is 2. The fourth-order valence-corrected chi connectivity index (χ4v) is 1.57. The number of alkyl halides is 3. The van der Waals surface area contributed by atoms with Gasteiger partial charge >= 0.3 is 18.1 Å². The van der Waals surface area contributed by atoms with E-state index in [9.17, 15) is 22.8 Å². The molecule has 0 rings (SSSR count). The second kappa shape index (κ2) is 8.39. The van der Waals surface area contributed by atoms with Crippen LogP contribution < -0.4 is 0 Å². The number of halogens is 3. The van der Waals surface area contributed by atoms with Gasteiger partial charge in [-0.2, -0.15) is 13.2 Å². The van der Waals surface area contributed by atoms with Crippen molar-refractivity contribution in [3.05, 3.63) is 0 Å². The average Bonchev–Trinajstić information content (AvgIpc) is 2.35. The molecule has 0 heterocycles. The van der Waals surface area contributed by atoms with Gasteiger partial charge in [0.2, 0.25) is 0 Å². The molecule has 0 aliphatic carbocycles. The summed E-state index contributed by atoms with van der Waals surface area (Å²) < 4.78 is 46.3. The fraction of sp³-hybridized carbons (Fsp3) is 0.867. The minimum Gasteiger partial charge on any atom is -0.459 e. The zero-order chi connectivity index (χ0) is 17.6. The van der Waals surface area contributed by atoms with E-state index in [4.69, 9.17) is 4.74 Å². The van der Waals surface area contributed by atoms with E-state index in [0.29, 0.717) is 12.8 Å². The van der Waals surface area contributed by atoms with E-state index in [2.05, 4.69) is 4.74 Å². The van der Waals surface area contributed by atoms with Gasteiger partial charge in [-0.25, -0.2) is 0 Å². The standard InChI is InChI=1S/C15H25F3O4/c1-6-10(2)13(20)22-14(4,5)9-7-8-12(19)21-11(3)15(16,17)18/h10-11H,6-9H2,1-5H3. The number of hydrogen-bond donors (Lipinski definition) is 0. The van der Waals surface area contributed by atoms with Gasteiger partial charge in [0, 0.05) is 6.42 Å². The molecule has 0 saturated carbocycles. The second-order valence-corrected chi connectivity index (χ2v) is 6.02. The molecule has 0 aliphatic rings. The van der Waals surface area contributed by atoms with Gasteiger partial charge in [-0.1, -0.05) is 13.8 Å². The van der Waals surface area contributed by atoms with Gasteiger partial charge in [0.15, 0.2) is 6.10 Å². The fourth-order valence-electron chi connectivity index (χ4n) is 1.57. The molecular formula is C15H25F3O4. The summed E-state index contributed by atoms with van der Waals surface area (Å²) in [5, 5.41) is 0. The van der Waals surface area contributed by atoms with Crippen molar-refractivity contribution in [2.24, 2.45) is 5.92 Å². The van der Waals surface area contributed by atoms with Crippen LogP contribution in [0, 0.1) is 5.92 Å². The molecule has 2 unspecified atom stereocenters. The third-order valence-corrected chi connectivity index (χ3v) is 3.32. The lowest BCUT2D eigenvalue weighted by atomic mass is 10.0. The zero-order valence-electron chi connectivity index (χ0n) is 13.8. The van der Waals surface area contributed by atoms with Crippen LogP contribution in [0.3, 0.4) is 0 Å². The van der Waals surface area contributed by atoms with E-state index in [1.807, 2.05) is 6.92 Å². The largest absolute Gasteiger partial charge is 0.459 e. The molecule has 0 aromatic heterocycles. The minimum absolute atomic E-state index is 0.148. The molecule has 7 heteroatoms. The van der Waals surface area contributed by atoms with Gasteiger partial charge in [-0.3, -0.25) is 9.59 Å². The Morgan fingerprint density at radius 1 is 1.14 bits per heavy atom. The molecule has 0 aromatic rings. The summed E-state index contributed by atoms with van der Waals surface area (Å²) in [4.78, 5) is 23.0. The number of carbonyl (C=O) groups excluding carboxylic acids is 2. The Morgan fingerprint density at radius 3 is 2.14 bits per heavy atom. The molecule has 0 fully saturated rings. The van der Waals surface area contributed by atoms with Crippen LogP contribution in [0.5, 0.6) is 0 Å². The molecule has 2 atom stereocenters. The highest BCUT2D eigenvalue weighted by atomic mass is 19.4. The molecule has 0 bridgehead atoms. The topological polar surface area (TPSA) is 52.6 Å². The maximum atomic E-state index is 12.2. The lowest BCUT2D eigenvalue weighted by molar-refractivity contribution is -0.216. The molecule has 0 N–H and O–H groups in total. The lowest BCUT2D eigenvalue weighted by Gasteiger charge is -2.26. The summed E-state index contributed by atoms with van der Waals surface area (Å²) in [5.41, 5.74) is -0.767. The van der Waals surface area contributed by atoms with Gasteiger partial charge in [0.25, 0.3) is 0 Å². The maximum Gasteiger partial charge on any atom is 0.425 e. The number of rotatable bonds is 8. The molecule has 0 aliphatic heterocycles. The lowest BCUT2D eigenvalue weighted by Crippen LogP contribution is -2.32. The Hall–Kier alpha value is -1.27. The highest BCUT2D eigenvalue weighted by Gasteiger charge is 2.39. The smallest absolute Gasteiger partial charge is 0.425 e. The molecule has 0 spiro atoms. The van der Waals surface area contributed by atoms with Crippen molar-refractivity contribution in [2.75, 3.05) is 0 Å². The van der Waals surface area contributed by atoms with Crippen LogP contribution in [-0.2, 0) is 19.1 Å². The third kappa shape index (κ3) is 8.24. The van der Waals surface area contributed by atoms with E-state index < -0.39 is 23.9 Å². The normalized spacial score (nSPS) is 15.1. The van der Waals surface area contributed by atoms with E-state index in [1.165, 1.54) is 0 Å². The Morgan fingerprint density at radius 2 is 1.68 bits per heavy atom. The minimum atomic E-state index is -4.55.